The third-order valence-electron chi connectivity index (χ3n) is 3.74. The van der Waals surface area contributed by atoms with E-state index in [9.17, 15) is 13.2 Å². The van der Waals surface area contributed by atoms with Gasteiger partial charge in [-0.05, 0) is 48.9 Å². The Morgan fingerprint density at radius 1 is 1.07 bits per heavy atom. The molecule has 0 aliphatic carbocycles. The predicted molar refractivity (Wildman–Crippen MR) is 107 cm³/mol. The van der Waals surface area contributed by atoms with Crippen molar-refractivity contribution in [1.29, 1.82) is 0 Å². The van der Waals surface area contributed by atoms with Gasteiger partial charge in [0.1, 0.15) is 11.5 Å². The predicted octanol–water partition coefficient (Wildman–Crippen LogP) is 3.16. The molecule has 6 nitrogen and oxygen atoms in total. The molecule has 146 valence electrons. The number of halogens is 1. The maximum Gasteiger partial charge on any atom is 0.260 e. The minimum Gasteiger partial charge on any atom is -0.493 e. The number of hydrogen-bond acceptors (Lipinski definition) is 5. The van der Waals surface area contributed by atoms with E-state index in [2.05, 4.69) is 15.9 Å². The van der Waals surface area contributed by atoms with Crippen LogP contribution in [0, 0.1) is 0 Å². The Morgan fingerprint density at radius 3 is 2.44 bits per heavy atom. The first kappa shape index (κ1) is 21.2. The second kappa shape index (κ2) is 9.75. The van der Waals surface area contributed by atoms with Gasteiger partial charge in [0.15, 0.2) is 16.4 Å². The summed E-state index contributed by atoms with van der Waals surface area (Å²) >= 11 is 3.34. The average molecular weight is 456 g/mol. The van der Waals surface area contributed by atoms with Gasteiger partial charge in [-0.2, -0.15) is 0 Å². The van der Waals surface area contributed by atoms with E-state index in [0.717, 1.165) is 10.7 Å². The summed E-state index contributed by atoms with van der Waals surface area (Å²) < 4.78 is 35.1. The number of rotatable bonds is 9. The number of amides is 1. The highest BCUT2D eigenvalue weighted by atomic mass is 79.9. The molecule has 2 aromatic rings. The summed E-state index contributed by atoms with van der Waals surface area (Å²) in [6.07, 6.45) is 1.77. The molecule has 0 radical (unpaired) electrons. The Bertz CT molecular complexity index is 868. The Hall–Kier alpha value is -2.06. The van der Waals surface area contributed by atoms with Crippen LogP contribution in [0.15, 0.2) is 57.9 Å². The van der Waals surface area contributed by atoms with E-state index in [1.54, 1.807) is 36.2 Å². The second-order valence-corrected chi connectivity index (χ2v) is 8.94. The van der Waals surface area contributed by atoms with Crippen molar-refractivity contribution in [3.63, 3.8) is 0 Å². The molecule has 0 unspecified atom stereocenters. The first-order valence-corrected chi connectivity index (χ1v) is 11.0. The van der Waals surface area contributed by atoms with Crippen molar-refractivity contribution in [2.45, 2.75) is 11.3 Å². The third-order valence-corrected chi connectivity index (χ3v) is 5.38. The highest BCUT2D eigenvalue weighted by Crippen LogP contribution is 2.18. The minimum absolute atomic E-state index is 0.0323. The van der Waals surface area contributed by atoms with Gasteiger partial charge in [0.2, 0.25) is 0 Å². The molecule has 0 atom stereocenters. The molecule has 0 bridgehead atoms. The van der Waals surface area contributed by atoms with Gasteiger partial charge in [-0.1, -0.05) is 22.0 Å². The van der Waals surface area contributed by atoms with Crippen molar-refractivity contribution in [2.24, 2.45) is 0 Å². The maximum atomic E-state index is 12.1. The number of likely N-dealkylation sites (N-methyl/N-ethyl adjacent to an activating group) is 1. The van der Waals surface area contributed by atoms with E-state index >= 15 is 0 Å². The summed E-state index contributed by atoms with van der Waals surface area (Å²) in [6.45, 7) is 0.849. The van der Waals surface area contributed by atoms with Crippen molar-refractivity contribution < 1.29 is 22.7 Å². The van der Waals surface area contributed by atoms with E-state index in [-0.39, 0.29) is 17.4 Å². The Kier molecular flexibility index (Phi) is 7.67. The van der Waals surface area contributed by atoms with Gasteiger partial charge in [0, 0.05) is 24.3 Å². The fourth-order valence-corrected chi connectivity index (χ4v) is 3.12. The van der Waals surface area contributed by atoms with E-state index < -0.39 is 9.84 Å². The van der Waals surface area contributed by atoms with Crippen LogP contribution in [-0.2, 0) is 14.6 Å². The van der Waals surface area contributed by atoms with Crippen LogP contribution in [0.5, 0.6) is 11.5 Å². The van der Waals surface area contributed by atoms with Gasteiger partial charge in [-0.3, -0.25) is 4.79 Å². The first-order chi connectivity index (χ1) is 12.8. The molecule has 0 heterocycles. The summed E-state index contributed by atoms with van der Waals surface area (Å²) in [6, 6.07) is 13.6. The van der Waals surface area contributed by atoms with Crippen molar-refractivity contribution in [2.75, 3.05) is 33.1 Å². The largest absolute Gasteiger partial charge is 0.493 e. The second-order valence-electron chi connectivity index (χ2n) is 6.01. The fourth-order valence-electron chi connectivity index (χ4n) is 2.20. The molecule has 0 N–H and O–H groups in total. The van der Waals surface area contributed by atoms with Gasteiger partial charge >= 0.3 is 0 Å². The van der Waals surface area contributed by atoms with Gasteiger partial charge in [0.05, 0.1) is 11.5 Å². The molecule has 2 rings (SSSR count). The van der Waals surface area contributed by atoms with Gasteiger partial charge in [-0.25, -0.2) is 8.42 Å². The standard InChI is InChI=1S/C19H22BrNO5S/c1-21(19(22)14-26-16-9-7-15(20)8-10-16)11-4-12-25-17-5-3-6-18(13-17)27(2,23)24/h3,5-10,13H,4,11-12,14H2,1-2H3. The van der Waals surface area contributed by atoms with E-state index in [1.807, 2.05) is 12.1 Å². The van der Waals surface area contributed by atoms with Crippen molar-refractivity contribution in [1.82, 2.24) is 4.90 Å². The summed E-state index contributed by atoms with van der Waals surface area (Å²) in [4.78, 5) is 13.9. The lowest BCUT2D eigenvalue weighted by Crippen LogP contribution is -2.32. The van der Waals surface area contributed by atoms with Crippen molar-refractivity contribution in [3.8, 4) is 11.5 Å². The minimum atomic E-state index is -3.26. The number of benzene rings is 2. The van der Waals surface area contributed by atoms with Crippen LogP contribution in [0.3, 0.4) is 0 Å². The Morgan fingerprint density at radius 2 is 1.78 bits per heavy atom. The van der Waals surface area contributed by atoms with Crippen LogP contribution in [0.2, 0.25) is 0 Å². The topological polar surface area (TPSA) is 72.9 Å². The lowest BCUT2D eigenvalue weighted by atomic mass is 10.3. The van der Waals surface area contributed by atoms with Crippen LogP contribution >= 0.6 is 15.9 Å². The number of hydrogen-bond donors (Lipinski definition) is 0. The fraction of sp³-hybridized carbons (Fsp3) is 0.316. The number of carbonyl (C=O) groups excluding carboxylic acids is 1. The van der Waals surface area contributed by atoms with Crippen LogP contribution in [0.1, 0.15) is 6.42 Å². The zero-order chi connectivity index (χ0) is 19.9. The maximum absolute atomic E-state index is 12.1. The summed E-state index contributed by atoms with van der Waals surface area (Å²) in [5, 5.41) is 0. The molecular weight excluding hydrogens is 434 g/mol. The molecule has 27 heavy (non-hydrogen) atoms. The smallest absolute Gasteiger partial charge is 0.260 e. The van der Waals surface area contributed by atoms with Crippen LogP contribution in [0.25, 0.3) is 0 Å². The summed E-state index contributed by atoms with van der Waals surface area (Å²) in [5.74, 6) is 0.997. The molecule has 0 spiro atoms. The van der Waals surface area contributed by atoms with Crippen molar-refractivity contribution >= 4 is 31.7 Å². The van der Waals surface area contributed by atoms with Gasteiger partial charge in [-0.15, -0.1) is 0 Å². The average Bonchev–Trinajstić information content (AvgIpc) is 2.64. The molecule has 0 saturated carbocycles. The van der Waals surface area contributed by atoms with Crippen LogP contribution in [0.4, 0.5) is 0 Å². The molecule has 8 heteroatoms. The summed E-state index contributed by atoms with van der Waals surface area (Å²) in [7, 11) is -1.56. The van der Waals surface area contributed by atoms with Crippen molar-refractivity contribution in [3.05, 3.63) is 53.0 Å². The lowest BCUT2D eigenvalue weighted by Gasteiger charge is -2.17. The van der Waals surface area contributed by atoms with Crippen LogP contribution in [-0.4, -0.2) is 52.3 Å². The summed E-state index contributed by atoms with van der Waals surface area (Å²) in [5.41, 5.74) is 0. The quantitative estimate of drug-likeness (QED) is 0.542. The first-order valence-electron chi connectivity index (χ1n) is 8.31. The molecule has 0 fully saturated rings. The highest BCUT2D eigenvalue weighted by Gasteiger charge is 2.10. The highest BCUT2D eigenvalue weighted by molar-refractivity contribution is 9.10. The Labute approximate surface area is 168 Å². The SMILES string of the molecule is CN(CCCOc1cccc(S(C)(=O)=O)c1)C(=O)COc1ccc(Br)cc1. The number of carbonyl (C=O) groups is 1. The van der Waals surface area contributed by atoms with Crippen LogP contribution < -0.4 is 9.47 Å². The Balaban J connectivity index is 1.71. The molecule has 0 aliphatic heterocycles. The van der Waals surface area contributed by atoms with Gasteiger partial charge < -0.3 is 14.4 Å². The monoisotopic (exact) mass is 455 g/mol. The number of sulfone groups is 1. The number of ether oxygens (including phenoxy) is 2. The molecule has 2 aromatic carbocycles. The zero-order valence-electron chi connectivity index (χ0n) is 15.2. The third kappa shape index (κ3) is 7.22. The van der Waals surface area contributed by atoms with Gasteiger partial charge in [0.25, 0.3) is 5.91 Å². The van der Waals surface area contributed by atoms with E-state index in [0.29, 0.717) is 31.1 Å². The lowest BCUT2D eigenvalue weighted by molar-refractivity contribution is -0.132. The number of nitrogens with zero attached hydrogens (tertiary/aromatic N) is 1. The normalized spacial score (nSPS) is 11.1. The molecule has 0 aliphatic rings. The molecule has 0 aromatic heterocycles. The molecule has 1 amide bonds. The zero-order valence-corrected chi connectivity index (χ0v) is 17.6. The van der Waals surface area contributed by atoms with E-state index in [4.69, 9.17) is 9.47 Å². The van der Waals surface area contributed by atoms with E-state index in [1.165, 1.54) is 12.1 Å². The molecular formula is C19H22BrNO5S. The molecule has 0 saturated heterocycles.